The summed E-state index contributed by atoms with van der Waals surface area (Å²) in [5.74, 6) is -0.351. The number of esters is 1. The summed E-state index contributed by atoms with van der Waals surface area (Å²) in [6.45, 7) is 8.90. The van der Waals surface area contributed by atoms with Gasteiger partial charge in [0.25, 0.3) is 5.69 Å². The molecule has 0 amide bonds. The molecular weight excluding hydrogens is 394 g/mol. The lowest BCUT2D eigenvalue weighted by Crippen LogP contribution is -2.47. The molecule has 7 heteroatoms. The molecule has 1 fully saturated rings. The Morgan fingerprint density at radius 3 is 2.39 bits per heavy atom. The molecule has 1 atom stereocenters. The van der Waals surface area contributed by atoms with Gasteiger partial charge in [-0.25, -0.2) is 4.79 Å². The minimum Gasteiger partial charge on any atom is -0.461 e. The molecule has 0 saturated carbocycles. The van der Waals surface area contributed by atoms with Crippen LogP contribution in [0, 0.1) is 10.1 Å². The van der Waals surface area contributed by atoms with Crippen molar-refractivity contribution in [1.29, 1.82) is 0 Å². The normalized spacial score (nSPS) is 16.9. The number of carbonyl (C=O) groups is 1. The molecule has 0 aliphatic carbocycles. The van der Waals surface area contributed by atoms with Gasteiger partial charge < -0.3 is 10.1 Å². The van der Waals surface area contributed by atoms with Crippen LogP contribution >= 0.6 is 0 Å². The highest BCUT2D eigenvalue weighted by Crippen LogP contribution is 2.23. The van der Waals surface area contributed by atoms with Crippen molar-refractivity contribution in [2.45, 2.75) is 13.0 Å². The highest BCUT2D eigenvalue weighted by molar-refractivity contribution is 5.86. The zero-order valence-electron chi connectivity index (χ0n) is 17.6. The van der Waals surface area contributed by atoms with E-state index in [1.54, 1.807) is 19.1 Å². The Morgan fingerprint density at radius 1 is 1.19 bits per heavy atom. The number of hydrogen-bond acceptors (Lipinski definition) is 6. The number of rotatable bonds is 8. The number of hydrogen-bond donors (Lipinski definition) is 1. The first-order valence-corrected chi connectivity index (χ1v) is 10.2. The number of nitro benzene ring substituents is 1. The molecular formula is C24H27N3O4. The van der Waals surface area contributed by atoms with Gasteiger partial charge in [-0.3, -0.25) is 15.0 Å². The quantitative estimate of drug-likeness (QED) is 0.229. The number of nitrogens with zero attached hydrogens (tertiary/aromatic N) is 2. The third-order valence-electron chi connectivity index (χ3n) is 5.21. The molecule has 7 nitrogen and oxygen atoms in total. The van der Waals surface area contributed by atoms with Crippen LogP contribution < -0.4 is 5.32 Å². The molecule has 2 aromatic carbocycles. The minimum atomic E-state index is -0.403. The second-order valence-electron chi connectivity index (χ2n) is 7.52. The molecule has 1 aliphatic heterocycles. The second-order valence-corrected chi connectivity index (χ2v) is 7.52. The monoisotopic (exact) mass is 421 g/mol. The SMILES string of the molecule is C=C(C)C(=O)OCCN1CCNCC1c1ccc(C=Cc2ccc([N+](=O)[O-])cc2)cc1. The lowest BCUT2D eigenvalue weighted by molar-refractivity contribution is -0.384. The third kappa shape index (κ3) is 6.34. The van der Waals surface area contributed by atoms with Gasteiger partial charge in [0.1, 0.15) is 6.61 Å². The minimum absolute atomic E-state index is 0.0848. The van der Waals surface area contributed by atoms with E-state index in [9.17, 15) is 14.9 Å². The zero-order chi connectivity index (χ0) is 22.2. The smallest absolute Gasteiger partial charge is 0.333 e. The van der Waals surface area contributed by atoms with Crippen LogP contribution in [0.1, 0.15) is 29.7 Å². The number of benzene rings is 2. The largest absolute Gasteiger partial charge is 0.461 e. The van der Waals surface area contributed by atoms with Gasteiger partial charge in [-0.15, -0.1) is 0 Å². The van der Waals surface area contributed by atoms with Crippen LogP contribution in [-0.4, -0.2) is 48.6 Å². The van der Waals surface area contributed by atoms with Crippen molar-refractivity contribution in [2.75, 3.05) is 32.8 Å². The topological polar surface area (TPSA) is 84.7 Å². The Kier molecular flexibility index (Phi) is 7.70. The molecule has 31 heavy (non-hydrogen) atoms. The van der Waals surface area contributed by atoms with Gasteiger partial charge in [0.05, 0.1) is 4.92 Å². The summed E-state index contributed by atoms with van der Waals surface area (Å²) in [6.07, 6.45) is 3.92. The Balaban J connectivity index is 1.61. The van der Waals surface area contributed by atoms with E-state index in [-0.39, 0.29) is 17.7 Å². The van der Waals surface area contributed by atoms with Gasteiger partial charge >= 0.3 is 5.97 Å². The first-order chi connectivity index (χ1) is 14.9. The summed E-state index contributed by atoms with van der Waals surface area (Å²) in [7, 11) is 0. The van der Waals surface area contributed by atoms with Gasteiger partial charge in [-0.1, -0.05) is 43.0 Å². The maximum Gasteiger partial charge on any atom is 0.333 e. The molecule has 0 bridgehead atoms. The van der Waals surface area contributed by atoms with Crippen molar-refractivity contribution in [1.82, 2.24) is 10.2 Å². The molecule has 1 aliphatic rings. The van der Waals surface area contributed by atoms with E-state index in [1.165, 1.54) is 17.7 Å². The van der Waals surface area contributed by atoms with Crippen molar-refractivity contribution in [3.63, 3.8) is 0 Å². The Morgan fingerprint density at radius 2 is 1.81 bits per heavy atom. The molecule has 1 unspecified atom stereocenters. The van der Waals surface area contributed by atoms with Crippen molar-refractivity contribution < 1.29 is 14.5 Å². The van der Waals surface area contributed by atoms with E-state index in [1.807, 2.05) is 12.2 Å². The average Bonchev–Trinajstić information content (AvgIpc) is 2.78. The fourth-order valence-corrected chi connectivity index (χ4v) is 3.45. The molecule has 2 aromatic rings. The van der Waals surface area contributed by atoms with Crippen molar-refractivity contribution in [3.05, 3.63) is 87.5 Å². The molecule has 0 aromatic heterocycles. The van der Waals surface area contributed by atoms with E-state index < -0.39 is 4.92 Å². The predicted octanol–water partition coefficient (Wildman–Crippen LogP) is 3.83. The standard InChI is InChI=1S/C24H27N3O4/c1-18(2)24(28)31-16-15-26-14-13-25-17-23(26)21-9-5-19(6-10-21)3-4-20-7-11-22(12-8-20)27(29)30/h3-12,23,25H,1,13-17H2,2H3. The number of piperazine rings is 1. The molecule has 3 rings (SSSR count). The Hall–Kier alpha value is -3.29. The fraction of sp³-hybridized carbons (Fsp3) is 0.292. The third-order valence-corrected chi connectivity index (χ3v) is 5.21. The fourth-order valence-electron chi connectivity index (χ4n) is 3.45. The first kappa shape index (κ1) is 22.4. The second kappa shape index (κ2) is 10.7. The lowest BCUT2D eigenvalue weighted by atomic mass is 10.0. The van der Waals surface area contributed by atoms with Gasteiger partial charge in [-0.2, -0.15) is 0 Å². The number of carbonyl (C=O) groups excluding carboxylic acids is 1. The molecule has 162 valence electrons. The first-order valence-electron chi connectivity index (χ1n) is 10.2. The highest BCUT2D eigenvalue weighted by Gasteiger charge is 2.23. The van der Waals surface area contributed by atoms with E-state index in [2.05, 4.69) is 41.1 Å². The van der Waals surface area contributed by atoms with Crippen LogP contribution in [0.4, 0.5) is 5.69 Å². The summed E-state index contributed by atoms with van der Waals surface area (Å²) in [5, 5.41) is 14.2. The van der Waals surface area contributed by atoms with Gasteiger partial charge in [-0.05, 0) is 35.7 Å². The van der Waals surface area contributed by atoms with Crippen LogP contribution in [-0.2, 0) is 9.53 Å². The van der Waals surface area contributed by atoms with Gasteiger partial charge in [0.15, 0.2) is 0 Å². The number of non-ortho nitro benzene ring substituents is 1. The Bertz CT molecular complexity index is 952. The predicted molar refractivity (Wildman–Crippen MR) is 121 cm³/mol. The summed E-state index contributed by atoms with van der Waals surface area (Å²) >= 11 is 0. The number of nitro groups is 1. The molecule has 1 saturated heterocycles. The number of nitrogens with one attached hydrogen (secondary N) is 1. The van der Waals surface area contributed by atoms with Gasteiger partial charge in [0, 0.05) is 49.9 Å². The summed E-state index contributed by atoms with van der Waals surface area (Å²) in [4.78, 5) is 24.3. The zero-order valence-corrected chi connectivity index (χ0v) is 17.6. The van der Waals surface area contributed by atoms with Crippen LogP contribution in [0.25, 0.3) is 12.2 Å². The van der Waals surface area contributed by atoms with Crippen LogP contribution in [0.3, 0.4) is 0 Å². The molecule has 0 spiro atoms. The van der Waals surface area contributed by atoms with Crippen LogP contribution in [0.15, 0.2) is 60.7 Å². The van der Waals surface area contributed by atoms with Crippen molar-refractivity contribution >= 4 is 23.8 Å². The Labute approximate surface area is 182 Å². The summed E-state index contributed by atoms with van der Waals surface area (Å²) < 4.78 is 5.26. The van der Waals surface area contributed by atoms with E-state index in [0.717, 1.165) is 30.8 Å². The van der Waals surface area contributed by atoms with Crippen molar-refractivity contribution in [2.24, 2.45) is 0 Å². The van der Waals surface area contributed by atoms with Crippen LogP contribution in [0.2, 0.25) is 0 Å². The van der Waals surface area contributed by atoms with E-state index >= 15 is 0 Å². The maximum atomic E-state index is 11.6. The van der Waals surface area contributed by atoms with E-state index in [4.69, 9.17) is 4.74 Å². The number of ether oxygens (including phenoxy) is 1. The molecule has 1 N–H and O–H groups in total. The van der Waals surface area contributed by atoms with E-state index in [0.29, 0.717) is 18.7 Å². The summed E-state index contributed by atoms with van der Waals surface area (Å²) in [6, 6.07) is 15.0. The van der Waals surface area contributed by atoms with Crippen molar-refractivity contribution in [3.8, 4) is 0 Å². The average molecular weight is 421 g/mol. The van der Waals surface area contributed by atoms with Crippen LogP contribution in [0.5, 0.6) is 0 Å². The van der Waals surface area contributed by atoms with Gasteiger partial charge in [0.2, 0.25) is 0 Å². The summed E-state index contributed by atoms with van der Waals surface area (Å²) in [5.41, 5.74) is 3.65. The highest BCUT2D eigenvalue weighted by atomic mass is 16.6. The molecule has 1 heterocycles. The molecule has 0 radical (unpaired) electrons. The maximum absolute atomic E-state index is 11.6. The lowest BCUT2D eigenvalue weighted by Gasteiger charge is -2.36.